The molecule has 6 heteroatoms. The number of aromatic nitrogens is 4. The summed E-state index contributed by atoms with van der Waals surface area (Å²) in [5.74, 6) is 0.484. The zero-order chi connectivity index (χ0) is 15.6. The molecule has 0 fully saturated rings. The zero-order valence-corrected chi connectivity index (χ0v) is 12.4. The number of aromatic amines is 1. The van der Waals surface area contributed by atoms with Crippen LogP contribution in [0.2, 0.25) is 0 Å². The summed E-state index contributed by atoms with van der Waals surface area (Å²) in [5, 5.41) is 3.75. The van der Waals surface area contributed by atoms with Gasteiger partial charge in [0.2, 0.25) is 5.95 Å². The van der Waals surface area contributed by atoms with Gasteiger partial charge in [0.25, 0.3) is 5.56 Å². The number of para-hydroxylation sites is 1. The molecule has 0 amide bonds. The van der Waals surface area contributed by atoms with Gasteiger partial charge in [0.1, 0.15) is 5.65 Å². The van der Waals surface area contributed by atoms with E-state index in [4.69, 9.17) is 0 Å². The van der Waals surface area contributed by atoms with E-state index in [9.17, 15) is 4.79 Å². The lowest BCUT2D eigenvalue weighted by molar-refractivity contribution is 0.956. The Hall–Kier alpha value is -3.15. The first kappa shape index (κ1) is 13.5. The number of nitrogens with zero attached hydrogens (tertiary/aromatic N) is 3. The average molecular weight is 305 g/mol. The third kappa shape index (κ3) is 2.66. The van der Waals surface area contributed by atoms with Gasteiger partial charge in [-0.1, -0.05) is 18.2 Å². The Kier molecular flexibility index (Phi) is 3.27. The molecule has 3 aromatic heterocycles. The number of imidazole rings is 1. The fourth-order valence-electron chi connectivity index (χ4n) is 2.59. The van der Waals surface area contributed by atoms with E-state index < -0.39 is 0 Å². The summed E-state index contributed by atoms with van der Waals surface area (Å²) in [5.41, 5.74) is 2.48. The van der Waals surface area contributed by atoms with Crippen molar-refractivity contribution in [3.05, 3.63) is 70.9 Å². The molecule has 3 heterocycles. The minimum absolute atomic E-state index is 0.133. The molecule has 0 radical (unpaired) electrons. The van der Waals surface area contributed by atoms with E-state index in [0.717, 1.165) is 17.8 Å². The summed E-state index contributed by atoms with van der Waals surface area (Å²) >= 11 is 0. The Morgan fingerprint density at radius 3 is 2.87 bits per heavy atom. The number of anilines is 1. The second-order valence-corrected chi connectivity index (χ2v) is 5.31. The largest absolute Gasteiger partial charge is 0.355 e. The third-order valence-electron chi connectivity index (χ3n) is 3.70. The molecule has 0 aliphatic rings. The van der Waals surface area contributed by atoms with E-state index >= 15 is 0 Å². The quantitative estimate of drug-likeness (QED) is 0.606. The smallest absolute Gasteiger partial charge is 0.260 e. The van der Waals surface area contributed by atoms with Gasteiger partial charge in [-0.25, -0.2) is 9.97 Å². The van der Waals surface area contributed by atoms with Crippen LogP contribution in [0.3, 0.4) is 0 Å². The van der Waals surface area contributed by atoms with Crippen LogP contribution in [0.5, 0.6) is 0 Å². The number of rotatable bonds is 4. The van der Waals surface area contributed by atoms with Crippen molar-refractivity contribution in [2.24, 2.45) is 0 Å². The van der Waals surface area contributed by atoms with Crippen LogP contribution in [-0.4, -0.2) is 25.9 Å². The van der Waals surface area contributed by atoms with Crippen molar-refractivity contribution < 1.29 is 0 Å². The van der Waals surface area contributed by atoms with Gasteiger partial charge in [-0.05, 0) is 24.3 Å². The number of benzene rings is 1. The van der Waals surface area contributed by atoms with Crippen LogP contribution in [0.15, 0.2) is 59.7 Å². The standard InChI is InChI=1S/C17H15N5O/c23-16-13-5-1-2-6-14(13)20-17(21-16)18-9-8-12-11-22-10-4-3-7-15(22)19-12/h1-7,10-11H,8-9H2,(H2,18,20,21,23). The van der Waals surface area contributed by atoms with Crippen LogP contribution in [0.4, 0.5) is 5.95 Å². The highest BCUT2D eigenvalue weighted by atomic mass is 16.1. The maximum absolute atomic E-state index is 12.0. The number of H-pyrrole nitrogens is 1. The van der Waals surface area contributed by atoms with E-state index in [1.54, 1.807) is 6.07 Å². The van der Waals surface area contributed by atoms with Gasteiger partial charge in [0.05, 0.1) is 16.6 Å². The molecule has 1 aromatic carbocycles. The fraction of sp³-hybridized carbons (Fsp3) is 0.118. The van der Waals surface area contributed by atoms with E-state index in [1.165, 1.54) is 0 Å². The van der Waals surface area contributed by atoms with Crippen molar-refractivity contribution in [1.29, 1.82) is 0 Å². The van der Waals surface area contributed by atoms with Gasteiger partial charge in [0.15, 0.2) is 0 Å². The van der Waals surface area contributed by atoms with Crippen molar-refractivity contribution in [1.82, 2.24) is 19.4 Å². The minimum atomic E-state index is -0.133. The highest BCUT2D eigenvalue weighted by Crippen LogP contribution is 2.08. The Morgan fingerprint density at radius 1 is 1.09 bits per heavy atom. The predicted octanol–water partition coefficient (Wildman–Crippen LogP) is 2.23. The van der Waals surface area contributed by atoms with E-state index in [1.807, 2.05) is 53.2 Å². The summed E-state index contributed by atoms with van der Waals surface area (Å²) < 4.78 is 1.99. The van der Waals surface area contributed by atoms with Crippen LogP contribution >= 0.6 is 0 Å². The molecule has 0 aliphatic heterocycles. The Balaban J connectivity index is 1.49. The first-order valence-corrected chi connectivity index (χ1v) is 7.45. The predicted molar refractivity (Wildman–Crippen MR) is 89.7 cm³/mol. The third-order valence-corrected chi connectivity index (χ3v) is 3.70. The van der Waals surface area contributed by atoms with Crippen molar-refractivity contribution in [3.63, 3.8) is 0 Å². The molecular formula is C17H15N5O. The number of hydrogen-bond acceptors (Lipinski definition) is 4. The van der Waals surface area contributed by atoms with Gasteiger partial charge in [-0.15, -0.1) is 0 Å². The summed E-state index contributed by atoms with van der Waals surface area (Å²) in [4.78, 5) is 23.7. The van der Waals surface area contributed by atoms with E-state index in [-0.39, 0.29) is 5.56 Å². The lowest BCUT2D eigenvalue weighted by Crippen LogP contribution is -2.15. The second kappa shape index (κ2) is 5.57. The van der Waals surface area contributed by atoms with Crippen LogP contribution in [0, 0.1) is 0 Å². The lowest BCUT2D eigenvalue weighted by Gasteiger charge is -2.05. The first-order chi connectivity index (χ1) is 11.3. The topological polar surface area (TPSA) is 75.1 Å². The van der Waals surface area contributed by atoms with Gasteiger partial charge in [-0.3, -0.25) is 9.78 Å². The molecule has 0 saturated heterocycles. The number of nitrogens with one attached hydrogen (secondary N) is 2. The molecule has 114 valence electrons. The Bertz CT molecular complexity index is 1000. The summed E-state index contributed by atoms with van der Waals surface area (Å²) in [6, 6.07) is 13.2. The van der Waals surface area contributed by atoms with Gasteiger partial charge >= 0.3 is 0 Å². The SMILES string of the molecule is O=c1[nH]c(NCCc2cn3ccccc3n2)nc2ccccc12. The molecule has 2 N–H and O–H groups in total. The number of pyridine rings is 1. The van der Waals surface area contributed by atoms with Crippen LogP contribution in [0.1, 0.15) is 5.69 Å². The lowest BCUT2D eigenvalue weighted by atomic mass is 10.2. The molecule has 0 atom stereocenters. The molecular weight excluding hydrogens is 290 g/mol. The Morgan fingerprint density at radius 2 is 1.96 bits per heavy atom. The van der Waals surface area contributed by atoms with E-state index in [0.29, 0.717) is 23.4 Å². The van der Waals surface area contributed by atoms with Crippen LogP contribution in [0.25, 0.3) is 16.6 Å². The highest BCUT2D eigenvalue weighted by molar-refractivity contribution is 5.78. The van der Waals surface area contributed by atoms with Gasteiger partial charge in [0, 0.05) is 25.4 Å². The highest BCUT2D eigenvalue weighted by Gasteiger charge is 2.04. The Labute approximate surface area is 131 Å². The molecule has 0 bridgehead atoms. The average Bonchev–Trinajstić information content (AvgIpc) is 2.98. The first-order valence-electron chi connectivity index (χ1n) is 7.45. The molecule has 0 unspecified atom stereocenters. The maximum Gasteiger partial charge on any atom is 0.260 e. The van der Waals surface area contributed by atoms with Crippen molar-refractivity contribution in [3.8, 4) is 0 Å². The molecule has 23 heavy (non-hydrogen) atoms. The summed E-state index contributed by atoms with van der Waals surface area (Å²) in [6.07, 6.45) is 4.73. The number of hydrogen-bond donors (Lipinski definition) is 2. The monoisotopic (exact) mass is 305 g/mol. The zero-order valence-electron chi connectivity index (χ0n) is 12.4. The van der Waals surface area contributed by atoms with Crippen molar-refractivity contribution >= 4 is 22.5 Å². The number of fused-ring (bicyclic) bond motifs is 2. The normalized spacial score (nSPS) is 11.1. The fourth-order valence-corrected chi connectivity index (χ4v) is 2.59. The second-order valence-electron chi connectivity index (χ2n) is 5.31. The molecule has 4 rings (SSSR count). The molecule has 0 spiro atoms. The van der Waals surface area contributed by atoms with Gasteiger partial charge < -0.3 is 9.72 Å². The van der Waals surface area contributed by atoms with Gasteiger partial charge in [-0.2, -0.15) is 0 Å². The molecule has 0 aliphatic carbocycles. The molecule has 6 nitrogen and oxygen atoms in total. The van der Waals surface area contributed by atoms with E-state index in [2.05, 4.69) is 20.3 Å². The van der Waals surface area contributed by atoms with Crippen molar-refractivity contribution in [2.75, 3.05) is 11.9 Å². The minimum Gasteiger partial charge on any atom is -0.355 e. The summed E-state index contributed by atoms with van der Waals surface area (Å²) in [7, 11) is 0. The molecule has 0 saturated carbocycles. The van der Waals surface area contributed by atoms with Crippen LogP contribution in [-0.2, 0) is 6.42 Å². The maximum atomic E-state index is 12.0. The summed E-state index contributed by atoms with van der Waals surface area (Å²) in [6.45, 7) is 0.644. The van der Waals surface area contributed by atoms with Crippen molar-refractivity contribution in [2.45, 2.75) is 6.42 Å². The molecule has 4 aromatic rings. The van der Waals surface area contributed by atoms with Crippen LogP contribution < -0.4 is 10.9 Å².